The van der Waals surface area contributed by atoms with Crippen LogP contribution in [0.25, 0.3) is 0 Å². The molecule has 0 bridgehead atoms. The summed E-state index contributed by atoms with van der Waals surface area (Å²) >= 11 is 0.861. The van der Waals surface area contributed by atoms with Crippen LogP contribution in [0.4, 0.5) is 31.1 Å². The summed E-state index contributed by atoms with van der Waals surface area (Å²) in [5, 5.41) is 2.42. The van der Waals surface area contributed by atoms with Crippen molar-refractivity contribution in [2.45, 2.75) is 37.7 Å². The Morgan fingerprint density at radius 1 is 1.12 bits per heavy atom. The van der Waals surface area contributed by atoms with Gasteiger partial charge in [0.1, 0.15) is 11.9 Å². The topological polar surface area (TPSA) is 85.3 Å². The van der Waals surface area contributed by atoms with E-state index >= 15 is 0 Å². The van der Waals surface area contributed by atoms with Gasteiger partial charge in [-0.25, -0.2) is 0 Å². The number of amidine groups is 1. The summed E-state index contributed by atoms with van der Waals surface area (Å²) in [6.07, 6.45) is -5.65. The Hall–Kier alpha value is -3.07. The molecule has 228 valence electrons. The molecule has 0 aromatic rings. The molecule has 0 saturated carbocycles. The zero-order valence-corrected chi connectivity index (χ0v) is 23.9. The van der Waals surface area contributed by atoms with Crippen LogP contribution in [0.15, 0.2) is 51.9 Å². The van der Waals surface area contributed by atoms with Gasteiger partial charge in [-0.05, 0) is 49.2 Å². The van der Waals surface area contributed by atoms with Gasteiger partial charge >= 0.3 is 17.6 Å². The Labute approximate surface area is 238 Å². The maximum atomic E-state index is 13.3. The van der Waals surface area contributed by atoms with Gasteiger partial charge in [0.15, 0.2) is 0 Å². The zero-order valence-electron chi connectivity index (χ0n) is 23.1. The van der Waals surface area contributed by atoms with Crippen molar-refractivity contribution in [3.63, 3.8) is 0 Å². The second-order valence-electron chi connectivity index (χ2n) is 9.96. The number of piperidine rings is 1. The summed E-state index contributed by atoms with van der Waals surface area (Å²) in [6.45, 7) is 3.48. The number of amides is 3. The highest BCUT2D eigenvalue weighted by Gasteiger charge is 2.35. The SMILES string of the molecule is C=C(/C(=C\C=C\C(F)(F)F)CN1CCC(/C=C2\SC(=O)N=C2N[C@@H](CC(=O)N(C)C)C(=O)N(C)C)CC1)C(F)(F)F. The first kappa shape index (κ1) is 34.1. The second kappa shape index (κ2) is 14.2. The molecule has 41 heavy (non-hydrogen) atoms. The van der Waals surface area contributed by atoms with Crippen LogP contribution in [-0.4, -0.2) is 104 Å². The third-order valence-corrected chi connectivity index (χ3v) is 7.10. The number of aliphatic imine (C=N–C) groups is 1. The highest BCUT2D eigenvalue weighted by Crippen LogP contribution is 2.33. The van der Waals surface area contributed by atoms with Crippen molar-refractivity contribution in [1.29, 1.82) is 0 Å². The molecule has 0 aromatic heterocycles. The second-order valence-corrected chi connectivity index (χ2v) is 11.0. The van der Waals surface area contributed by atoms with Crippen molar-refractivity contribution < 1.29 is 40.7 Å². The first-order valence-electron chi connectivity index (χ1n) is 12.5. The van der Waals surface area contributed by atoms with Crippen LogP contribution in [0, 0.1) is 5.92 Å². The predicted molar refractivity (Wildman–Crippen MR) is 145 cm³/mol. The standard InChI is InChI=1S/C26H33F6N5O3S/c1-16(26(30,31)32)18(7-6-10-25(27,28)29)15-37-11-8-17(9-12-37)13-20-22(34-24(40)41-20)33-19(23(39)36(4)5)14-21(38)35(2)3/h6-7,10,13,17,19H,1,8-9,11-12,14-15H2,2-5H3,(H,33,34,40)/b10-6+,18-7-,20-13-/t19-/m0/s1. The Morgan fingerprint density at radius 2 is 1.73 bits per heavy atom. The Morgan fingerprint density at radius 3 is 2.24 bits per heavy atom. The van der Waals surface area contributed by atoms with E-state index in [0.29, 0.717) is 36.9 Å². The molecule has 2 heterocycles. The fraction of sp³-hybridized carbons (Fsp3) is 0.538. The van der Waals surface area contributed by atoms with Gasteiger partial charge in [0, 0.05) is 40.8 Å². The molecule has 1 N–H and O–H groups in total. The fourth-order valence-electron chi connectivity index (χ4n) is 4.00. The van der Waals surface area contributed by atoms with E-state index in [2.05, 4.69) is 16.9 Å². The third-order valence-electron chi connectivity index (χ3n) is 6.29. The molecule has 0 radical (unpaired) electrons. The summed E-state index contributed by atoms with van der Waals surface area (Å²) in [7, 11) is 6.19. The molecule has 0 spiro atoms. The minimum Gasteiger partial charge on any atom is -0.357 e. The minimum atomic E-state index is -4.79. The Kier molecular flexibility index (Phi) is 11.8. The van der Waals surface area contributed by atoms with Crippen molar-refractivity contribution >= 4 is 34.7 Å². The number of hydrogen-bond donors (Lipinski definition) is 1. The van der Waals surface area contributed by atoms with E-state index in [0.717, 1.165) is 17.8 Å². The van der Waals surface area contributed by atoms with Crippen LogP contribution < -0.4 is 5.32 Å². The number of rotatable bonds is 9. The number of alkyl halides is 6. The molecule has 8 nitrogen and oxygen atoms in total. The van der Waals surface area contributed by atoms with Crippen LogP contribution in [-0.2, 0) is 9.59 Å². The molecule has 2 aliphatic rings. The first-order chi connectivity index (χ1) is 18.9. The maximum Gasteiger partial charge on any atom is 0.416 e. The quantitative estimate of drug-likeness (QED) is 0.306. The highest BCUT2D eigenvalue weighted by atomic mass is 32.2. The lowest BCUT2D eigenvalue weighted by Gasteiger charge is -2.32. The molecule has 0 aromatic carbocycles. The summed E-state index contributed by atoms with van der Waals surface area (Å²) in [5.41, 5.74) is -1.58. The van der Waals surface area contributed by atoms with Crippen LogP contribution in [0.5, 0.6) is 0 Å². The van der Waals surface area contributed by atoms with E-state index in [9.17, 15) is 40.7 Å². The van der Waals surface area contributed by atoms with Crippen LogP contribution in [0.1, 0.15) is 19.3 Å². The lowest BCUT2D eigenvalue weighted by Crippen LogP contribution is -2.48. The number of allylic oxidation sites excluding steroid dienone is 4. The minimum absolute atomic E-state index is 0.0820. The number of nitrogens with one attached hydrogen (secondary N) is 1. The lowest BCUT2D eigenvalue weighted by molar-refractivity contribution is -0.136. The maximum absolute atomic E-state index is 13.3. The average Bonchev–Trinajstić information content (AvgIpc) is 3.19. The monoisotopic (exact) mass is 609 g/mol. The van der Waals surface area contributed by atoms with E-state index in [1.54, 1.807) is 25.1 Å². The molecule has 3 amide bonds. The van der Waals surface area contributed by atoms with Gasteiger partial charge in [0.25, 0.3) is 0 Å². The molecule has 0 aliphatic carbocycles. The largest absolute Gasteiger partial charge is 0.416 e. The number of likely N-dealkylation sites (N-methyl/N-ethyl adjacent to an activating group) is 1. The summed E-state index contributed by atoms with van der Waals surface area (Å²) < 4.78 is 77.1. The van der Waals surface area contributed by atoms with Crippen LogP contribution >= 0.6 is 11.8 Å². The summed E-state index contributed by atoms with van der Waals surface area (Å²) in [5.74, 6) is -0.600. The van der Waals surface area contributed by atoms with Crippen molar-refractivity contribution in [1.82, 2.24) is 20.0 Å². The van der Waals surface area contributed by atoms with E-state index in [4.69, 9.17) is 0 Å². The molecule has 0 unspecified atom stereocenters. The van der Waals surface area contributed by atoms with Crippen LogP contribution in [0.2, 0.25) is 0 Å². The normalized spacial score (nSPS) is 19.5. The van der Waals surface area contributed by atoms with Gasteiger partial charge in [-0.3, -0.25) is 19.3 Å². The summed E-state index contributed by atoms with van der Waals surface area (Å²) in [6, 6.07) is -0.964. The number of halogens is 6. The molecule has 1 fully saturated rings. The van der Waals surface area contributed by atoms with E-state index in [1.165, 1.54) is 23.9 Å². The third kappa shape index (κ3) is 11.0. The van der Waals surface area contributed by atoms with E-state index in [1.807, 2.05) is 0 Å². The van der Waals surface area contributed by atoms with Crippen LogP contribution in [0.3, 0.4) is 0 Å². The van der Waals surface area contributed by atoms with Crippen molar-refractivity contribution in [3.8, 4) is 0 Å². The number of nitrogens with zero attached hydrogens (tertiary/aromatic N) is 4. The van der Waals surface area contributed by atoms with Gasteiger partial charge in [-0.15, -0.1) is 0 Å². The lowest BCUT2D eigenvalue weighted by atomic mass is 9.95. The molecular weight excluding hydrogens is 576 g/mol. The molecule has 1 saturated heterocycles. The number of likely N-dealkylation sites (tertiary alicyclic amines) is 1. The highest BCUT2D eigenvalue weighted by molar-refractivity contribution is 8.18. The average molecular weight is 610 g/mol. The predicted octanol–water partition coefficient (Wildman–Crippen LogP) is 4.54. The zero-order chi connectivity index (χ0) is 31.1. The first-order valence-corrected chi connectivity index (χ1v) is 13.3. The molecular formula is C26H33F6N5O3S. The van der Waals surface area contributed by atoms with Crippen molar-refractivity contribution in [2.24, 2.45) is 10.9 Å². The summed E-state index contributed by atoms with van der Waals surface area (Å²) in [4.78, 5) is 45.9. The van der Waals surface area contributed by atoms with Gasteiger partial charge in [-0.2, -0.15) is 31.3 Å². The van der Waals surface area contributed by atoms with E-state index in [-0.39, 0.29) is 48.2 Å². The van der Waals surface area contributed by atoms with Gasteiger partial charge in [-0.1, -0.05) is 24.8 Å². The Balaban J connectivity index is 2.12. The molecule has 15 heteroatoms. The van der Waals surface area contributed by atoms with Crippen molar-refractivity contribution in [2.75, 3.05) is 47.8 Å². The molecule has 2 aliphatic heterocycles. The Bertz CT molecular complexity index is 1130. The smallest absolute Gasteiger partial charge is 0.357 e. The molecule has 2 rings (SSSR count). The number of hydrogen-bond acceptors (Lipinski definition) is 6. The van der Waals surface area contributed by atoms with Gasteiger partial charge in [0.2, 0.25) is 11.8 Å². The fourth-order valence-corrected chi connectivity index (χ4v) is 4.79. The van der Waals surface area contributed by atoms with Crippen molar-refractivity contribution in [3.05, 3.63) is 46.9 Å². The number of carbonyl (C=O) groups is 3. The van der Waals surface area contributed by atoms with Gasteiger partial charge < -0.3 is 15.1 Å². The molecule has 1 atom stereocenters. The number of carbonyl (C=O) groups excluding carboxylic acids is 3. The van der Waals surface area contributed by atoms with E-state index < -0.39 is 29.2 Å². The number of thioether (sulfide) groups is 1. The van der Waals surface area contributed by atoms with Gasteiger partial charge in [0.05, 0.1) is 16.9 Å².